The number of ketones is 1. The Kier molecular flexibility index (Phi) is 8.28. The molecule has 1 aromatic carbocycles. The van der Waals surface area contributed by atoms with E-state index in [1.54, 1.807) is 0 Å². The molecule has 0 spiro atoms. The molecule has 1 aromatic rings. The molecule has 1 heterocycles. The molecule has 0 saturated carbocycles. The molecule has 5 heteroatoms. The molecule has 0 bridgehead atoms. The fraction of sp³-hybridized carbons (Fsp3) is 0.588. The van der Waals surface area contributed by atoms with E-state index in [1.807, 2.05) is 18.2 Å². The van der Waals surface area contributed by atoms with Crippen LogP contribution in [0.1, 0.15) is 43.5 Å². The Bertz CT molecular complexity index is 475. The van der Waals surface area contributed by atoms with Crippen LogP contribution in [0.25, 0.3) is 0 Å². The third-order valence-electron chi connectivity index (χ3n) is 3.87. The number of halogens is 1. The van der Waals surface area contributed by atoms with Gasteiger partial charge in [0, 0.05) is 18.5 Å². The molecule has 0 N–H and O–H groups in total. The van der Waals surface area contributed by atoms with Crippen LogP contribution in [0.5, 0.6) is 11.5 Å². The van der Waals surface area contributed by atoms with Crippen molar-refractivity contribution in [1.82, 2.24) is 4.90 Å². The number of carbonyl (C=O) groups is 1. The minimum absolute atomic E-state index is 0. The second-order valence-electron chi connectivity index (χ2n) is 5.27. The summed E-state index contributed by atoms with van der Waals surface area (Å²) in [7, 11) is 0. The zero-order valence-corrected chi connectivity index (χ0v) is 14.3. The minimum atomic E-state index is 0. The summed E-state index contributed by atoms with van der Waals surface area (Å²) in [4.78, 5) is 14.6. The molecule has 0 saturated heterocycles. The lowest BCUT2D eigenvalue weighted by Gasteiger charge is -2.18. The topological polar surface area (TPSA) is 38.8 Å². The number of carbonyl (C=O) groups excluding carboxylic acids is 1. The first kappa shape index (κ1) is 18.8. The van der Waals surface area contributed by atoms with E-state index in [2.05, 4.69) is 18.7 Å². The van der Waals surface area contributed by atoms with Gasteiger partial charge in [0.2, 0.25) is 0 Å². The largest absolute Gasteiger partial charge is 0.490 e. The third-order valence-corrected chi connectivity index (χ3v) is 3.87. The lowest BCUT2D eigenvalue weighted by Crippen LogP contribution is -2.25. The number of Topliss-reactive ketones (excluding diaryl/α,β-unsaturated/α-hetero) is 1. The van der Waals surface area contributed by atoms with Crippen LogP contribution in [-0.4, -0.2) is 43.5 Å². The Morgan fingerprint density at radius 1 is 1.09 bits per heavy atom. The molecule has 1 aliphatic rings. The molecule has 0 aliphatic carbocycles. The van der Waals surface area contributed by atoms with Crippen LogP contribution < -0.4 is 9.47 Å². The molecule has 0 radical (unpaired) electrons. The summed E-state index contributed by atoms with van der Waals surface area (Å²) in [6.07, 6.45) is 2.53. The van der Waals surface area contributed by atoms with Crippen LogP contribution in [0.3, 0.4) is 0 Å². The van der Waals surface area contributed by atoms with E-state index in [0.717, 1.165) is 38.2 Å². The maximum Gasteiger partial charge on any atom is 0.164 e. The van der Waals surface area contributed by atoms with Gasteiger partial charge in [0.15, 0.2) is 17.3 Å². The highest BCUT2D eigenvalue weighted by molar-refractivity contribution is 5.96. The van der Waals surface area contributed by atoms with Gasteiger partial charge >= 0.3 is 0 Å². The monoisotopic (exact) mass is 327 g/mol. The lowest BCUT2D eigenvalue weighted by molar-refractivity contribution is 0.0966. The van der Waals surface area contributed by atoms with Crippen molar-refractivity contribution in [1.29, 1.82) is 0 Å². The second kappa shape index (κ2) is 9.70. The van der Waals surface area contributed by atoms with Crippen LogP contribution in [0.15, 0.2) is 18.2 Å². The van der Waals surface area contributed by atoms with E-state index in [-0.39, 0.29) is 18.2 Å². The van der Waals surface area contributed by atoms with Gasteiger partial charge in [-0.05, 0) is 44.1 Å². The number of ether oxygens (including phenoxy) is 2. The standard InChI is InChI=1S/C17H25NO3.ClH/c1-3-18(4-2)10-9-15(19)14-7-8-16-17(13-14)21-12-6-5-11-20-16;/h7-8,13H,3-6,9-12H2,1-2H3;1H. The average molecular weight is 328 g/mol. The number of rotatable bonds is 6. The second-order valence-corrected chi connectivity index (χ2v) is 5.27. The third kappa shape index (κ3) is 5.18. The SMILES string of the molecule is CCN(CC)CCC(=O)c1ccc2c(c1)OCCCCO2.Cl. The number of nitrogens with zero attached hydrogens (tertiary/aromatic N) is 1. The highest BCUT2D eigenvalue weighted by atomic mass is 35.5. The average Bonchev–Trinajstić information content (AvgIpc) is 2.48. The Labute approximate surface area is 139 Å². The van der Waals surface area contributed by atoms with Crippen molar-refractivity contribution < 1.29 is 14.3 Å². The first-order chi connectivity index (χ1) is 10.2. The first-order valence-corrected chi connectivity index (χ1v) is 7.89. The molecule has 124 valence electrons. The first-order valence-electron chi connectivity index (χ1n) is 7.89. The van der Waals surface area contributed by atoms with Crippen molar-refractivity contribution >= 4 is 18.2 Å². The van der Waals surface area contributed by atoms with Gasteiger partial charge in [-0.3, -0.25) is 4.79 Å². The number of hydrogen-bond acceptors (Lipinski definition) is 4. The van der Waals surface area contributed by atoms with Gasteiger partial charge < -0.3 is 14.4 Å². The Morgan fingerprint density at radius 3 is 2.36 bits per heavy atom. The molecular weight excluding hydrogens is 302 g/mol. The molecule has 1 aliphatic heterocycles. The minimum Gasteiger partial charge on any atom is -0.490 e. The summed E-state index contributed by atoms with van der Waals surface area (Å²) < 4.78 is 11.4. The van der Waals surface area contributed by atoms with Gasteiger partial charge in [0.05, 0.1) is 13.2 Å². The van der Waals surface area contributed by atoms with E-state index in [9.17, 15) is 4.79 Å². The molecular formula is C17H26ClNO3. The van der Waals surface area contributed by atoms with E-state index < -0.39 is 0 Å². The quantitative estimate of drug-likeness (QED) is 0.749. The molecule has 0 atom stereocenters. The van der Waals surface area contributed by atoms with Gasteiger partial charge in [-0.2, -0.15) is 0 Å². The zero-order valence-electron chi connectivity index (χ0n) is 13.5. The van der Waals surface area contributed by atoms with Gasteiger partial charge in [0.1, 0.15) is 0 Å². The van der Waals surface area contributed by atoms with Crippen molar-refractivity contribution in [2.45, 2.75) is 33.1 Å². The van der Waals surface area contributed by atoms with E-state index in [0.29, 0.717) is 30.9 Å². The van der Waals surface area contributed by atoms with Gasteiger partial charge in [0.25, 0.3) is 0 Å². The molecule has 0 unspecified atom stereocenters. The predicted molar refractivity (Wildman–Crippen MR) is 90.6 cm³/mol. The van der Waals surface area contributed by atoms with Gasteiger partial charge in [-0.1, -0.05) is 13.8 Å². The Morgan fingerprint density at radius 2 is 1.73 bits per heavy atom. The molecule has 0 fully saturated rings. The van der Waals surface area contributed by atoms with E-state index in [1.165, 1.54) is 0 Å². The van der Waals surface area contributed by atoms with Crippen LogP contribution in [0.4, 0.5) is 0 Å². The summed E-state index contributed by atoms with van der Waals surface area (Å²) in [6.45, 7) is 8.39. The fourth-order valence-electron chi connectivity index (χ4n) is 2.43. The number of hydrogen-bond donors (Lipinski definition) is 0. The summed E-state index contributed by atoms with van der Waals surface area (Å²) >= 11 is 0. The van der Waals surface area contributed by atoms with Gasteiger partial charge in [-0.15, -0.1) is 12.4 Å². The predicted octanol–water partition coefficient (Wildman–Crippen LogP) is 3.57. The smallest absolute Gasteiger partial charge is 0.164 e. The van der Waals surface area contributed by atoms with Gasteiger partial charge in [-0.25, -0.2) is 0 Å². The molecule has 0 aromatic heterocycles. The molecule has 22 heavy (non-hydrogen) atoms. The van der Waals surface area contributed by atoms with E-state index >= 15 is 0 Å². The molecule has 4 nitrogen and oxygen atoms in total. The summed E-state index contributed by atoms with van der Waals surface area (Å²) in [5.74, 6) is 1.61. The van der Waals surface area contributed by atoms with Crippen molar-refractivity contribution in [3.05, 3.63) is 23.8 Å². The van der Waals surface area contributed by atoms with Crippen molar-refractivity contribution in [2.75, 3.05) is 32.8 Å². The maximum atomic E-state index is 12.3. The van der Waals surface area contributed by atoms with Crippen molar-refractivity contribution in [3.8, 4) is 11.5 Å². The number of fused-ring (bicyclic) bond motifs is 1. The molecule has 2 rings (SSSR count). The van der Waals surface area contributed by atoms with Crippen molar-refractivity contribution in [3.63, 3.8) is 0 Å². The maximum absolute atomic E-state index is 12.3. The summed E-state index contributed by atoms with van der Waals surface area (Å²) in [6, 6.07) is 5.52. The highest BCUT2D eigenvalue weighted by Gasteiger charge is 2.14. The zero-order chi connectivity index (χ0) is 15.1. The highest BCUT2D eigenvalue weighted by Crippen LogP contribution is 2.30. The van der Waals surface area contributed by atoms with Crippen molar-refractivity contribution in [2.24, 2.45) is 0 Å². The molecule has 0 amide bonds. The van der Waals surface area contributed by atoms with Crippen LogP contribution in [0.2, 0.25) is 0 Å². The Hall–Kier alpha value is -1.26. The Balaban J connectivity index is 0.00000242. The summed E-state index contributed by atoms with van der Waals surface area (Å²) in [5.41, 5.74) is 0.713. The van der Waals surface area contributed by atoms with Crippen LogP contribution >= 0.6 is 12.4 Å². The number of benzene rings is 1. The fourth-order valence-corrected chi connectivity index (χ4v) is 2.43. The van der Waals surface area contributed by atoms with E-state index in [4.69, 9.17) is 9.47 Å². The summed E-state index contributed by atoms with van der Waals surface area (Å²) in [5, 5.41) is 0. The van der Waals surface area contributed by atoms with Crippen LogP contribution in [0, 0.1) is 0 Å². The lowest BCUT2D eigenvalue weighted by atomic mass is 10.1. The van der Waals surface area contributed by atoms with Crippen LogP contribution in [-0.2, 0) is 0 Å². The normalized spacial score (nSPS) is 14.0.